The summed E-state index contributed by atoms with van der Waals surface area (Å²) < 4.78 is 8.76. The Morgan fingerprint density at radius 2 is 2.00 bits per heavy atom. The number of piperidine rings is 1. The van der Waals surface area contributed by atoms with Gasteiger partial charge in [-0.3, -0.25) is 0 Å². The lowest BCUT2D eigenvalue weighted by molar-refractivity contribution is 0.0201. The zero-order valence-corrected chi connectivity index (χ0v) is 12.2. The number of rotatable bonds is 0. The van der Waals surface area contributed by atoms with Gasteiger partial charge in [-0.25, -0.2) is 0 Å². The molecule has 0 saturated carbocycles. The van der Waals surface area contributed by atoms with Crippen molar-refractivity contribution >= 4 is 11.6 Å². The molecule has 0 aliphatic carbocycles. The Hall–Kier alpha value is -1.45. The van der Waals surface area contributed by atoms with Crippen LogP contribution in [0.2, 0.25) is 5.02 Å². The molecule has 0 atom stereocenters. The number of aromatic nitrogens is 1. The molecule has 3 heterocycles. The lowest BCUT2D eigenvalue weighted by Gasteiger charge is -2.42. The number of aryl methyl sites for hydroxylation is 1. The van der Waals surface area contributed by atoms with Gasteiger partial charge in [0, 0.05) is 29.6 Å². The average Bonchev–Trinajstić information content (AvgIpc) is 2.83. The van der Waals surface area contributed by atoms with Gasteiger partial charge in [-0.05, 0) is 44.3 Å². The van der Waals surface area contributed by atoms with E-state index in [1.165, 1.54) is 11.4 Å². The van der Waals surface area contributed by atoms with Crippen molar-refractivity contribution in [1.29, 1.82) is 0 Å². The third-order valence-corrected chi connectivity index (χ3v) is 4.66. The molecule has 2 aliphatic heterocycles. The highest BCUT2D eigenvalue weighted by molar-refractivity contribution is 6.30. The first-order chi connectivity index (χ1) is 9.70. The Morgan fingerprint density at radius 1 is 1.20 bits per heavy atom. The quantitative estimate of drug-likeness (QED) is 0.804. The van der Waals surface area contributed by atoms with Gasteiger partial charge in [0.1, 0.15) is 5.75 Å². The van der Waals surface area contributed by atoms with Crippen LogP contribution in [-0.2, 0) is 5.60 Å². The highest BCUT2D eigenvalue weighted by atomic mass is 35.5. The monoisotopic (exact) mass is 288 g/mol. The molecule has 0 unspecified atom stereocenters. The Labute approximate surface area is 123 Å². The van der Waals surface area contributed by atoms with Crippen molar-refractivity contribution < 1.29 is 4.74 Å². The second kappa shape index (κ2) is 4.27. The molecular weight excluding hydrogens is 272 g/mol. The summed E-state index contributed by atoms with van der Waals surface area (Å²) in [5, 5.41) is 4.14. The Morgan fingerprint density at radius 3 is 2.80 bits per heavy atom. The predicted molar refractivity (Wildman–Crippen MR) is 79.9 cm³/mol. The average molecular weight is 289 g/mol. The van der Waals surface area contributed by atoms with Crippen LogP contribution < -0.4 is 10.1 Å². The third kappa shape index (κ3) is 1.63. The number of benzene rings is 1. The van der Waals surface area contributed by atoms with Crippen molar-refractivity contribution in [3.05, 3.63) is 46.7 Å². The maximum absolute atomic E-state index is 6.44. The molecule has 0 amide bonds. The minimum atomic E-state index is -0.211. The Balaban J connectivity index is 1.96. The number of nitrogens with one attached hydrogen (secondary N) is 1. The predicted octanol–water partition coefficient (Wildman–Crippen LogP) is 3.41. The van der Waals surface area contributed by atoms with Crippen molar-refractivity contribution in [2.45, 2.75) is 25.4 Å². The molecular formula is C16H17ClN2O. The molecule has 1 aromatic carbocycles. The molecule has 0 radical (unpaired) electrons. The van der Waals surface area contributed by atoms with E-state index in [9.17, 15) is 0 Å². The number of fused-ring (bicyclic) bond motifs is 4. The smallest absolute Gasteiger partial charge is 0.152 e. The molecule has 0 bridgehead atoms. The van der Waals surface area contributed by atoms with Gasteiger partial charge in [-0.15, -0.1) is 0 Å². The molecule has 2 aromatic rings. The SMILES string of the molecule is Cc1ccc2n1-c1ccc(Cl)cc1OC21CCNCC1. The standard InChI is InChI=1S/C16H17ClN2O/c1-11-2-5-15-16(6-8-18-9-7-16)20-14-10-12(17)3-4-13(14)19(11)15/h2-5,10,18H,6-9H2,1H3. The van der Waals surface area contributed by atoms with E-state index in [-0.39, 0.29) is 5.60 Å². The minimum Gasteiger partial charge on any atom is -0.479 e. The molecule has 20 heavy (non-hydrogen) atoms. The second-order valence-electron chi connectivity index (χ2n) is 5.65. The van der Waals surface area contributed by atoms with Gasteiger partial charge in [0.2, 0.25) is 0 Å². The second-order valence-corrected chi connectivity index (χ2v) is 6.09. The molecule has 1 spiro atoms. The van der Waals surface area contributed by atoms with Crippen LogP contribution in [0, 0.1) is 6.92 Å². The van der Waals surface area contributed by atoms with Crippen LogP contribution in [0.25, 0.3) is 5.69 Å². The fraction of sp³-hybridized carbons (Fsp3) is 0.375. The lowest BCUT2D eigenvalue weighted by Crippen LogP contribution is -2.47. The molecule has 3 nitrogen and oxygen atoms in total. The summed E-state index contributed by atoms with van der Waals surface area (Å²) >= 11 is 6.14. The summed E-state index contributed by atoms with van der Waals surface area (Å²) in [7, 11) is 0. The molecule has 1 fully saturated rings. The number of ether oxygens (including phenoxy) is 1. The van der Waals surface area contributed by atoms with Gasteiger partial charge in [0.05, 0.1) is 11.4 Å². The molecule has 1 N–H and O–H groups in total. The van der Waals surface area contributed by atoms with Gasteiger partial charge in [0.15, 0.2) is 5.60 Å². The van der Waals surface area contributed by atoms with Crippen molar-refractivity contribution in [1.82, 2.24) is 9.88 Å². The fourth-order valence-electron chi connectivity index (χ4n) is 3.42. The van der Waals surface area contributed by atoms with Crippen molar-refractivity contribution in [3.63, 3.8) is 0 Å². The van der Waals surface area contributed by atoms with Crippen molar-refractivity contribution in [2.75, 3.05) is 13.1 Å². The third-order valence-electron chi connectivity index (χ3n) is 4.42. The topological polar surface area (TPSA) is 26.2 Å². The maximum Gasteiger partial charge on any atom is 0.152 e. The Bertz CT molecular complexity index is 671. The van der Waals surface area contributed by atoms with E-state index in [4.69, 9.17) is 16.3 Å². The van der Waals surface area contributed by atoms with Crippen LogP contribution in [-0.4, -0.2) is 17.7 Å². The van der Waals surface area contributed by atoms with E-state index in [2.05, 4.69) is 28.9 Å². The normalized spacial score (nSPS) is 19.3. The maximum atomic E-state index is 6.44. The summed E-state index contributed by atoms with van der Waals surface area (Å²) in [5.41, 5.74) is 3.39. The molecule has 104 valence electrons. The molecule has 4 heteroatoms. The summed E-state index contributed by atoms with van der Waals surface area (Å²) in [4.78, 5) is 0. The first kappa shape index (κ1) is 12.3. The largest absolute Gasteiger partial charge is 0.479 e. The zero-order valence-electron chi connectivity index (χ0n) is 11.4. The lowest BCUT2D eigenvalue weighted by atomic mass is 9.87. The number of hydrogen-bond donors (Lipinski definition) is 1. The van der Waals surface area contributed by atoms with Crippen LogP contribution in [0.5, 0.6) is 5.75 Å². The summed E-state index contributed by atoms with van der Waals surface area (Å²) in [6.07, 6.45) is 1.98. The minimum absolute atomic E-state index is 0.211. The molecule has 4 rings (SSSR count). The summed E-state index contributed by atoms with van der Waals surface area (Å²) in [5.74, 6) is 0.895. The first-order valence-corrected chi connectivity index (χ1v) is 7.46. The van der Waals surface area contributed by atoms with E-state index >= 15 is 0 Å². The van der Waals surface area contributed by atoms with E-state index < -0.39 is 0 Å². The van der Waals surface area contributed by atoms with E-state index in [1.54, 1.807) is 0 Å². The zero-order chi connectivity index (χ0) is 13.7. The number of hydrogen-bond acceptors (Lipinski definition) is 2. The number of nitrogens with zero attached hydrogens (tertiary/aromatic N) is 1. The van der Waals surface area contributed by atoms with E-state index in [1.807, 2.05) is 18.2 Å². The number of halogens is 1. The molecule has 2 aliphatic rings. The van der Waals surface area contributed by atoms with Crippen molar-refractivity contribution in [2.24, 2.45) is 0 Å². The van der Waals surface area contributed by atoms with Crippen LogP contribution in [0.4, 0.5) is 0 Å². The summed E-state index contributed by atoms with van der Waals surface area (Å²) in [6.45, 7) is 4.11. The van der Waals surface area contributed by atoms with E-state index in [0.717, 1.165) is 42.4 Å². The highest BCUT2D eigenvalue weighted by Gasteiger charge is 2.42. The fourth-order valence-corrected chi connectivity index (χ4v) is 3.58. The van der Waals surface area contributed by atoms with Gasteiger partial charge in [-0.2, -0.15) is 0 Å². The van der Waals surface area contributed by atoms with Gasteiger partial charge in [-0.1, -0.05) is 11.6 Å². The van der Waals surface area contributed by atoms with Crippen molar-refractivity contribution in [3.8, 4) is 11.4 Å². The molecule has 1 saturated heterocycles. The van der Waals surface area contributed by atoms with Gasteiger partial charge < -0.3 is 14.6 Å². The van der Waals surface area contributed by atoms with Crippen LogP contribution >= 0.6 is 11.6 Å². The first-order valence-electron chi connectivity index (χ1n) is 7.08. The van der Waals surface area contributed by atoms with Gasteiger partial charge in [0.25, 0.3) is 0 Å². The van der Waals surface area contributed by atoms with E-state index in [0.29, 0.717) is 0 Å². The van der Waals surface area contributed by atoms with Crippen LogP contribution in [0.1, 0.15) is 24.2 Å². The van der Waals surface area contributed by atoms with Gasteiger partial charge >= 0.3 is 0 Å². The Kier molecular flexibility index (Phi) is 2.63. The molecule has 1 aromatic heterocycles. The van der Waals surface area contributed by atoms with Crippen LogP contribution in [0.3, 0.4) is 0 Å². The van der Waals surface area contributed by atoms with Crippen LogP contribution in [0.15, 0.2) is 30.3 Å². The summed E-state index contributed by atoms with van der Waals surface area (Å²) in [6, 6.07) is 10.3. The highest BCUT2D eigenvalue weighted by Crippen LogP contribution is 2.45.